The average Bonchev–Trinajstić information content (AvgIpc) is 2.63. The van der Waals surface area contributed by atoms with Gasteiger partial charge in [-0.05, 0) is 14.1 Å². The molecule has 0 aliphatic carbocycles. The lowest BCUT2D eigenvalue weighted by atomic mass is 10.4. The van der Waals surface area contributed by atoms with Crippen LogP contribution in [-0.4, -0.2) is 55.6 Å². The molecular formula is C11H21ClN4O. The summed E-state index contributed by atoms with van der Waals surface area (Å²) in [6.07, 6.45) is 1.70. The molecular weight excluding hydrogens is 240 g/mol. The van der Waals surface area contributed by atoms with Crippen molar-refractivity contribution in [2.24, 2.45) is 0 Å². The topological polar surface area (TPSA) is 42.3 Å². The van der Waals surface area contributed by atoms with Gasteiger partial charge in [-0.15, -0.1) is 0 Å². The molecule has 98 valence electrons. The first-order valence-corrected chi connectivity index (χ1v) is 6.07. The minimum Gasteiger partial charge on any atom is -0.383 e. The van der Waals surface area contributed by atoms with E-state index in [0.29, 0.717) is 11.6 Å². The second-order valence-corrected chi connectivity index (χ2v) is 4.54. The van der Waals surface area contributed by atoms with E-state index in [2.05, 4.69) is 15.3 Å². The Bertz CT molecular complexity index is 327. The number of methoxy groups -OCH3 is 1. The minimum atomic E-state index is 0.698. The Labute approximate surface area is 108 Å². The molecule has 1 N–H and O–H groups in total. The van der Waals surface area contributed by atoms with Gasteiger partial charge >= 0.3 is 0 Å². The summed E-state index contributed by atoms with van der Waals surface area (Å²) < 4.78 is 6.92. The number of nitrogens with zero attached hydrogens (tertiary/aromatic N) is 3. The molecule has 17 heavy (non-hydrogen) atoms. The Kier molecular flexibility index (Phi) is 6.50. The highest BCUT2D eigenvalue weighted by Gasteiger charge is 2.08. The van der Waals surface area contributed by atoms with Crippen molar-refractivity contribution < 1.29 is 4.74 Å². The van der Waals surface area contributed by atoms with Crippen LogP contribution < -0.4 is 5.32 Å². The van der Waals surface area contributed by atoms with Crippen LogP contribution in [0.25, 0.3) is 0 Å². The van der Waals surface area contributed by atoms with E-state index in [9.17, 15) is 0 Å². The zero-order chi connectivity index (χ0) is 12.7. The maximum atomic E-state index is 6.10. The van der Waals surface area contributed by atoms with Gasteiger partial charge in [0.25, 0.3) is 0 Å². The summed E-state index contributed by atoms with van der Waals surface area (Å²) in [6, 6.07) is 0. The molecule has 0 saturated heterocycles. The number of halogens is 1. The fraction of sp³-hybridized carbons (Fsp3) is 0.727. The van der Waals surface area contributed by atoms with Crippen LogP contribution >= 0.6 is 11.6 Å². The van der Waals surface area contributed by atoms with Crippen LogP contribution in [0, 0.1) is 0 Å². The first-order valence-electron chi connectivity index (χ1n) is 5.69. The first-order chi connectivity index (χ1) is 8.15. The molecule has 0 aromatic carbocycles. The van der Waals surface area contributed by atoms with Crippen molar-refractivity contribution in [3.05, 3.63) is 16.9 Å². The van der Waals surface area contributed by atoms with Gasteiger partial charge in [0, 0.05) is 26.7 Å². The molecule has 1 rings (SSSR count). The largest absolute Gasteiger partial charge is 0.383 e. The van der Waals surface area contributed by atoms with Crippen molar-refractivity contribution in [1.82, 2.24) is 20.0 Å². The molecule has 6 heteroatoms. The summed E-state index contributed by atoms with van der Waals surface area (Å²) in [5, 5.41) is 8.26. The van der Waals surface area contributed by atoms with Gasteiger partial charge in [0.2, 0.25) is 0 Å². The van der Waals surface area contributed by atoms with Gasteiger partial charge < -0.3 is 15.0 Å². The highest BCUT2D eigenvalue weighted by Crippen LogP contribution is 2.14. The van der Waals surface area contributed by atoms with Crippen molar-refractivity contribution in [2.45, 2.75) is 13.1 Å². The number of ether oxygens (including phenoxy) is 1. The van der Waals surface area contributed by atoms with E-state index < -0.39 is 0 Å². The maximum Gasteiger partial charge on any atom is 0.0831 e. The highest BCUT2D eigenvalue weighted by molar-refractivity contribution is 6.31. The Hall–Kier alpha value is -0.620. The highest BCUT2D eigenvalue weighted by atomic mass is 35.5. The summed E-state index contributed by atoms with van der Waals surface area (Å²) in [5.74, 6) is 0. The third-order valence-corrected chi connectivity index (χ3v) is 2.75. The Morgan fingerprint density at radius 1 is 1.53 bits per heavy atom. The van der Waals surface area contributed by atoms with Crippen LogP contribution in [0.1, 0.15) is 5.69 Å². The maximum absolute atomic E-state index is 6.10. The summed E-state index contributed by atoms with van der Waals surface area (Å²) in [6.45, 7) is 4.02. The number of nitrogens with one attached hydrogen (secondary N) is 1. The van der Waals surface area contributed by atoms with Crippen LogP contribution in [0.2, 0.25) is 5.02 Å². The predicted molar refractivity (Wildman–Crippen MR) is 69.4 cm³/mol. The van der Waals surface area contributed by atoms with E-state index in [1.807, 2.05) is 18.8 Å². The monoisotopic (exact) mass is 260 g/mol. The molecule has 0 spiro atoms. The normalized spacial score (nSPS) is 11.4. The van der Waals surface area contributed by atoms with Gasteiger partial charge in [-0.1, -0.05) is 11.6 Å². The summed E-state index contributed by atoms with van der Waals surface area (Å²) >= 11 is 6.10. The molecule has 1 aromatic heterocycles. The lowest BCUT2D eigenvalue weighted by molar-refractivity contribution is 0.199. The quantitative estimate of drug-likeness (QED) is 0.704. The Morgan fingerprint density at radius 2 is 2.29 bits per heavy atom. The second kappa shape index (κ2) is 7.66. The van der Waals surface area contributed by atoms with Crippen LogP contribution in [0.3, 0.4) is 0 Å². The molecule has 0 aliphatic rings. The van der Waals surface area contributed by atoms with Gasteiger partial charge in [-0.3, -0.25) is 4.68 Å². The van der Waals surface area contributed by atoms with Crippen LogP contribution in [0.5, 0.6) is 0 Å². The van der Waals surface area contributed by atoms with Gasteiger partial charge in [-0.25, -0.2) is 0 Å². The SMILES string of the molecule is COCCNCc1c(Cl)cnn1CCN(C)C. The molecule has 0 unspecified atom stereocenters. The Balaban J connectivity index is 2.47. The van der Waals surface area contributed by atoms with Crippen LogP contribution in [0.15, 0.2) is 6.20 Å². The van der Waals surface area contributed by atoms with Crippen LogP contribution in [-0.2, 0) is 17.8 Å². The Morgan fingerprint density at radius 3 is 2.94 bits per heavy atom. The zero-order valence-corrected chi connectivity index (χ0v) is 11.5. The first kappa shape index (κ1) is 14.4. The third kappa shape index (κ3) is 5.04. The van der Waals surface area contributed by atoms with E-state index in [-0.39, 0.29) is 0 Å². The van der Waals surface area contributed by atoms with Crippen molar-refractivity contribution in [3.8, 4) is 0 Å². The molecule has 0 aliphatic heterocycles. The summed E-state index contributed by atoms with van der Waals surface area (Å²) in [7, 11) is 5.78. The van der Waals surface area contributed by atoms with Crippen molar-refractivity contribution in [3.63, 3.8) is 0 Å². The number of hydrogen-bond donors (Lipinski definition) is 1. The molecule has 0 saturated carbocycles. The number of hydrogen-bond acceptors (Lipinski definition) is 4. The van der Waals surface area contributed by atoms with E-state index in [1.165, 1.54) is 0 Å². The zero-order valence-electron chi connectivity index (χ0n) is 10.7. The van der Waals surface area contributed by atoms with Crippen LogP contribution in [0.4, 0.5) is 0 Å². The molecule has 1 heterocycles. The molecule has 0 amide bonds. The van der Waals surface area contributed by atoms with E-state index in [0.717, 1.165) is 31.9 Å². The summed E-state index contributed by atoms with van der Waals surface area (Å²) in [5.41, 5.74) is 1.03. The number of likely N-dealkylation sites (N-methyl/N-ethyl adjacent to an activating group) is 1. The molecule has 0 fully saturated rings. The fourth-order valence-electron chi connectivity index (χ4n) is 1.43. The van der Waals surface area contributed by atoms with Gasteiger partial charge in [0.15, 0.2) is 0 Å². The van der Waals surface area contributed by atoms with Gasteiger partial charge in [-0.2, -0.15) is 5.10 Å². The molecule has 1 aromatic rings. The third-order valence-electron chi connectivity index (χ3n) is 2.43. The summed E-state index contributed by atoms with van der Waals surface area (Å²) in [4.78, 5) is 2.12. The number of aromatic nitrogens is 2. The minimum absolute atomic E-state index is 0.698. The lowest BCUT2D eigenvalue weighted by Gasteiger charge is -2.12. The van der Waals surface area contributed by atoms with E-state index >= 15 is 0 Å². The average molecular weight is 261 g/mol. The standard InChI is InChI=1S/C11H21ClN4O/c1-15(2)5-6-16-11(10(12)8-14-16)9-13-4-7-17-3/h8,13H,4-7,9H2,1-3H3. The number of rotatable bonds is 8. The fourth-order valence-corrected chi connectivity index (χ4v) is 1.64. The molecule has 5 nitrogen and oxygen atoms in total. The van der Waals surface area contributed by atoms with E-state index in [4.69, 9.17) is 16.3 Å². The van der Waals surface area contributed by atoms with E-state index in [1.54, 1.807) is 13.3 Å². The molecule has 0 atom stereocenters. The molecule has 0 bridgehead atoms. The van der Waals surface area contributed by atoms with Crippen molar-refractivity contribution >= 4 is 11.6 Å². The molecule has 0 radical (unpaired) electrons. The second-order valence-electron chi connectivity index (χ2n) is 4.14. The van der Waals surface area contributed by atoms with Crippen molar-refractivity contribution in [2.75, 3.05) is 40.9 Å². The van der Waals surface area contributed by atoms with Crippen molar-refractivity contribution in [1.29, 1.82) is 0 Å². The predicted octanol–water partition coefficient (Wildman–Crippen LogP) is 0.834. The van der Waals surface area contributed by atoms with Gasteiger partial charge in [0.05, 0.1) is 30.1 Å². The smallest absolute Gasteiger partial charge is 0.0831 e. The lowest BCUT2D eigenvalue weighted by Crippen LogP contribution is -2.24. The van der Waals surface area contributed by atoms with Gasteiger partial charge in [0.1, 0.15) is 0 Å².